The van der Waals surface area contributed by atoms with Crippen LogP contribution < -0.4 is 0 Å². The minimum Gasteiger partial charge on any atom is -1.00 e. The molecule has 0 N–H and O–H groups in total. The van der Waals surface area contributed by atoms with E-state index in [1.165, 1.54) is 6.42 Å². The van der Waals surface area contributed by atoms with Gasteiger partial charge in [-0.1, -0.05) is 13.3 Å². The van der Waals surface area contributed by atoms with E-state index in [-0.39, 0.29) is 51.8 Å². The number of unbranched alkanes of at least 4 members (excludes halogenated alkanes) is 1. The number of hydrogen-bond donors (Lipinski definition) is 0. The summed E-state index contributed by atoms with van der Waals surface area (Å²) in [4.78, 5) is 0. The molecular formula is C4H13ClMg2. The Morgan fingerprint density at radius 2 is 1.86 bits per heavy atom. The van der Waals surface area contributed by atoms with E-state index < -0.39 is 0 Å². The maximum atomic E-state index is 5.30. The number of rotatable bonds is 2. The van der Waals surface area contributed by atoms with Crippen LogP contribution in [0.1, 0.15) is 25.5 Å². The maximum Gasteiger partial charge on any atom is 2.00 e. The second-order valence-corrected chi connectivity index (χ2v) is 1.42. The molecule has 0 aromatic carbocycles. The summed E-state index contributed by atoms with van der Waals surface area (Å²) in [5.74, 6) is 0.816. The van der Waals surface area contributed by atoms with Crippen molar-refractivity contribution in [1.29, 1.82) is 0 Å². The molecule has 0 aromatic rings. The van der Waals surface area contributed by atoms with Crippen molar-refractivity contribution in [2.24, 2.45) is 0 Å². The minimum absolute atomic E-state index is 0. The Kier molecular flexibility index (Phi) is 35.6. The van der Waals surface area contributed by atoms with Crippen molar-refractivity contribution in [3.63, 3.8) is 0 Å². The Morgan fingerprint density at radius 1 is 1.43 bits per heavy atom. The van der Waals surface area contributed by atoms with Crippen molar-refractivity contribution in [2.75, 3.05) is 5.88 Å². The van der Waals surface area contributed by atoms with E-state index in [1.807, 2.05) is 0 Å². The van der Waals surface area contributed by atoms with E-state index in [9.17, 15) is 0 Å². The third-order valence-corrected chi connectivity index (χ3v) is 0.754. The van der Waals surface area contributed by atoms with Crippen molar-refractivity contribution in [2.45, 2.75) is 19.8 Å². The molecule has 0 nitrogen and oxygen atoms in total. The summed E-state index contributed by atoms with van der Waals surface area (Å²) in [7, 11) is 0. The van der Waals surface area contributed by atoms with Crippen LogP contribution in [0.25, 0.3) is 0 Å². The predicted molar refractivity (Wildman–Crippen MR) is 41.6 cm³/mol. The Labute approximate surface area is 88.6 Å². The van der Waals surface area contributed by atoms with Crippen molar-refractivity contribution in [3.8, 4) is 0 Å². The largest absolute Gasteiger partial charge is 2.00 e. The molecule has 3 heteroatoms. The van der Waals surface area contributed by atoms with Gasteiger partial charge >= 0.3 is 46.1 Å². The van der Waals surface area contributed by atoms with Crippen LogP contribution in [0, 0.1) is 0 Å². The van der Waals surface area contributed by atoms with Crippen LogP contribution in [0.5, 0.6) is 0 Å². The maximum absolute atomic E-state index is 5.30. The van der Waals surface area contributed by atoms with E-state index in [4.69, 9.17) is 11.6 Å². The summed E-state index contributed by atoms with van der Waals surface area (Å²) >= 11 is 5.30. The Morgan fingerprint density at radius 3 is 1.86 bits per heavy atom. The van der Waals surface area contributed by atoms with E-state index in [0.29, 0.717) is 0 Å². The van der Waals surface area contributed by atoms with Crippen LogP contribution in [0.2, 0.25) is 0 Å². The first-order chi connectivity index (χ1) is 2.41. The average Bonchev–Trinajstić information content (AvgIpc) is 1.41. The molecule has 0 heterocycles. The molecule has 40 valence electrons. The van der Waals surface area contributed by atoms with Crippen LogP contribution >= 0.6 is 11.6 Å². The fourth-order valence-electron chi connectivity index (χ4n) is 0.134. The Hall–Kier alpha value is 1.82. The Bertz CT molecular complexity index is 27.6. The van der Waals surface area contributed by atoms with Crippen LogP contribution in [0.15, 0.2) is 0 Å². The zero-order valence-electron chi connectivity index (χ0n) is 8.91. The summed E-state index contributed by atoms with van der Waals surface area (Å²) in [6.45, 7) is 2.13. The van der Waals surface area contributed by atoms with Gasteiger partial charge in [0, 0.05) is 5.88 Å². The summed E-state index contributed by atoms with van der Waals surface area (Å²) < 4.78 is 0. The fraction of sp³-hybridized carbons (Fsp3) is 1.00. The molecule has 0 atom stereocenters. The molecule has 0 saturated heterocycles. The van der Waals surface area contributed by atoms with Gasteiger partial charge in [-0.25, -0.2) is 0 Å². The van der Waals surface area contributed by atoms with Crippen molar-refractivity contribution < 1.29 is 5.71 Å². The first-order valence-electron chi connectivity index (χ1n) is 1.97. The number of alkyl halides is 1. The topological polar surface area (TPSA) is 0 Å². The second-order valence-electron chi connectivity index (χ2n) is 1.04. The van der Waals surface area contributed by atoms with E-state index >= 15 is 0 Å². The van der Waals surface area contributed by atoms with Gasteiger partial charge in [0.25, 0.3) is 0 Å². The monoisotopic (exact) mass is 144 g/mol. The van der Waals surface area contributed by atoms with Crippen LogP contribution in [0.3, 0.4) is 0 Å². The average molecular weight is 145 g/mol. The normalized spacial score (nSPS) is 6.00. The van der Waals surface area contributed by atoms with Gasteiger partial charge in [0.05, 0.1) is 0 Å². The Balaban J connectivity index is -0.00000000533. The molecular weight excluding hydrogens is 132 g/mol. The molecule has 0 unspecified atom stereocenters. The molecule has 0 fully saturated rings. The van der Waals surface area contributed by atoms with Crippen LogP contribution in [-0.2, 0) is 0 Å². The molecule has 0 radical (unpaired) electrons. The van der Waals surface area contributed by atoms with Gasteiger partial charge in [-0.05, 0) is 6.42 Å². The molecule has 0 spiro atoms. The molecule has 0 aliphatic carbocycles. The molecule has 0 aromatic heterocycles. The molecule has 0 bridgehead atoms. The van der Waals surface area contributed by atoms with Crippen LogP contribution in [0.4, 0.5) is 0 Å². The van der Waals surface area contributed by atoms with Crippen LogP contribution in [-0.4, -0.2) is 52.0 Å². The third-order valence-electron chi connectivity index (χ3n) is 0.487. The third kappa shape index (κ3) is 18.1. The van der Waals surface area contributed by atoms with Crippen molar-refractivity contribution in [1.82, 2.24) is 0 Å². The summed E-state index contributed by atoms with van der Waals surface area (Å²) in [6.07, 6.45) is 2.37. The summed E-state index contributed by atoms with van der Waals surface area (Å²) in [6, 6.07) is 0. The van der Waals surface area contributed by atoms with Crippen molar-refractivity contribution in [3.05, 3.63) is 0 Å². The molecule has 0 aliphatic heterocycles. The molecule has 0 rings (SSSR count). The van der Waals surface area contributed by atoms with E-state index in [0.717, 1.165) is 12.3 Å². The summed E-state index contributed by atoms with van der Waals surface area (Å²) in [5, 5.41) is 0. The standard InChI is InChI=1S/C4H9Cl.2Mg.4H/c1-2-3-4-5;;;;;;/h2-4H2,1H3;;;;;;/q;2*+2;4*-1. The number of hydrogen-bond acceptors (Lipinski definition) is 0. The quantitative estimate of drug-likeness (QED) is 0.410. The van der Waals surface area contributed by atoms with Gasteiger partial charge in [0.1, 0.15) is 0 Å². The molecule has 0 saturated carbocycles. The zero-order valence-corrected chi connectivity index (χ0v) is 8.50. The van der Waals surface area contributed by atoms with Crippen molar-refractivity contribution >= 4 is 57.7 Å². The predicted octanol–water partition coefficient (Wildman–Crippen LogP) is 1.71. The minimum atomic E-state index is 0. The zero-order chi connectivity index (χ0) is 4.12. The van der Waals surface area contributed by atoms with Gasteiger partial charge in [-0.2, -0.15) is 0 Å². The van der Waals surface area contributed by atoms with Gasteiger partial charge in [0.2, 0.25) is 0 Å². The molecule has 0 aliphatic rings. The van der Waals surface area contributed by atoms with E-state index in [2.05, 4.69) is 6.92 Å². The van der Waals surface area contributed by atoms with Gasteiger partial charge < -0.3 is 5.71 Å². The fourth-order valence-corrected chi connectivity index (χ4v) is 0.401. The first kappa shape index (κ1) is 15.9. The van der Waals surface area contributed by atoms with Gasteiger partial charge in [-0.3, -0.25) is 0 Å². The first-order valence-corrected chi connectivity index (χ1v) is 2.51. The smallest absolute Gasteiger partial charge is 1.00 e. The molecule has 0 amide bonds. The number of halogens is 1. The van der Waals surface area contributed by atoms with Gasteiger partial charge in [-0.15, -0.1) is 11.6 Å². The van der Waals surface area contributed by atoms with Gasteiger partial charge in [0.15, 0.2) is 0 Å². The van der Waals surface area contributed by atoms with E-state index in [1.54, 1.807) is 0 Å². The second kappa shape index (κ2) is 15.7. The molecule has 7 heavy (non-hydrogen) atoms. The summed E-state index contributed by atoms with van der Waals surface area (Å²) in [5.41, 5.74) is 0. The SMILES string of the molecule is CCCCCl.[H-].[H-].[H-].[H-].[Mg+2].[Mg+2].